The zero-order valence-electron chi connectivity index (χ0n) is 10.6. The van der Waals surface area contributed by atoms with E-state index in [1.165, 1.54) is 12.0 Å². The number of methoxy groups -OCH3 is 1. The van der Waals surface area contributed by atoms with E-state index in [4.69, 9.17) is 10.5 Å². The molecule has 3 nitrogen and oxygen atoms in total. The van der Waals surface area contributed by atoms with Crippen LogP contribution in [0.5, 0.6) is 5.75 Å². The molecule has 1 saturated heterocycles. The van der Waals surface area contributed by atoms with Crippen LogP contribution < -0.4 is 10.5 Å². The van der Waals surface area contributed by atoms with Crippen molar-refractivity contribution in [3.8, 4) is 5.75 Å². The fourth-order valence-electron chi connectivity index (χ4n) is 2.35. The van der Waals surface area contributed by atoms with Crippen molar-refractivity contribution in [2.24, 2.45) is 5.73 Å². The van der Waals surface area contributed by atoms with Crippen molar-refractivity contribution in [2.45, 2.75) is 25.4 Å². The SMILES string of the molecule is COc1ccc(Br)cc1CN1CCCC(N)C1.Cl. The van der Waals surface area contributed by atoms with Crippen LogP contribution in [0, 0.1) is 0 Å². The Bertz CT molecular complexity index is 389. The molecule has 0 aliphatic carbocycles. The van der Waals surface area contributed by atoms with E-state index in [0.717, 1.165) is 36.3 Å². The molecule has 0 amide bonds. The number of nitrogens with two attached hydrogens (primary N) is 1. The highest BCUT2D eigenvalue weighted by molar-refractivity contribution is 9.10. The molecule has 0 saturated carbocycles. The summed E-state index contributed by atoms with van der Waals surface area (Å²) < 4.78 is 6.48. The minimum Gasteiger partial charge on any atom is -0.496 e. The van der Waals surface area contributed by atoms with Gasteiger partial charge in [0, 0.05) is 29.2 Å². The van der Waals surface area contributed by atoms with Gasteiger partial charge in [-0.3, -0.25) is 4.90 Å². The minimum absolute atomic E-state index is 0. The van der Waals surface area contributed by atoms with Gasteiger partial charge in [0.05, 0.1) is 7.11 Å². The molecule has 1 aromatic carbocycles. The predicted octanol–water partition coefficient (Wildman–Crippen LogP) is 2.80. The van der Waals surface area contributed by atoms with E-state index < -0.39 is 0 Å². The van der Waals surface area contributed by atoms with E-state index in [2.05, 4.69) is 26.9 Å². The van der Waals surface area contributed by atoms with E-state index in [1.807, 2.05) is 12.1 Å². The molecule has 5 heteroatoms. The molecule has 0 spiro atoms. The van der Waals surface area contributed by atoms with Gasteiger partial charge in [0.25, 0.3) is 0 Å². The lowest BCUT2D eigenvalue weighted by Gasteiger charge is -2.31. The smallest absolute Gasteiger partial charge is 0.123 e. The largest absolute Gasteiger partial charge is 0.496 e. The molecule has 0 aromatic heterocycles. The van der Waals surface area contributed by atoms with Crippen molar-refractivity contribution in [2.75, 3.05) is 20.2 Å². The summed E-state index contributed by atoms with van der Waals surface area (Å²) in [6.07, 6.45) is 2.34. The van der Waals surface area contributed by atoms with Gasteiger partial charge in [0.2, 0.25) is 0 Å². The highest BCUT2D eigenvalue weighted by Gasteiger charge is 2.17. The lowest BCUT2D eigenvalue weighted by molar-refractivity contribution is 0.199. The van der Waals surface area contributed by atoms with Crippen LogP contribution >= 0.6 is 28.3 Å². The molecule has 18 heavy (non-hydrogen) atoms. The number of hydrogen-bond acceptors (Lipinski definition) is 3. The van der Waals surface area contributed by atoms with Gasteiger partial charge in [-0.2, -0.15) is 0 Å². The number of ether oxygens (including phenoxy) is 1. The molecule has 1 unspecified atom stereocenters. The van der Waals surface area contributed by atoms with Gasteiger partial charge in [-0.25, -0.2) is 0 Å². The Morgan fingerprint density at radius 3 is 2.94 bits per heavy atom. The molecule has 0 bridgehead atoms. The normalized spacial score (nSPS) is 20.3. The maximum atomic E-state index is 6.00. The number of nitrogens with zero attached hydrogens (tertiary/aromatic N) is 1. The fraction of sp³-hybridized carbons (Fsp3) is 0.538. The predicted molar refractivity (Wildman–Crippen MR) is 80.4 cm³/mol. The van der Waals surface area contributed by atoms with Crippen LogP contribution in [0.4, 0.5) is 0 Å². The first kappa shape index (κ1) is 15.8. The van der Waals surface area contributed by atoms with Crippen LogP contribution in [0.3, 0.4) is 0 Å². The summed E-state index contributed by atoms with van der Waals surface area (Å²) in [6, 6.07) is 6.45. The average molecular weight is 336 g/mol. The maximum Gasteiger partial charge on any atom is 0.123 e. The lowest BCUT2D eigenvalue weighted by Crippen LogP contribution is -2.42. The third-order valence-corrected chi connectivity index (χ3v) is 3.67. The van der Waals surface area contributed by atoms with Crippen molar-refractivity contribution in [3.63, 3.8) is 0 Å². The standard InChI is InChI=1S/C13H19BrN2O.ClH/c1-17-13-5-4-11(14)7-10(13)8-16-6-2-3-12(15)9-16;/h4-5,7,12H,2-3,6,8-9,15H2,1H3;1H. The second kappa shape index (κ2) is 7.34. The molecule has 102 valence electrons. The first-order chi connectivity index (χ1) is 8.19. The van der Waals surface area contributed by atoms with Gasteiger partial charge >= 0.3 is 0 Å². The van der Waals surface area contributed by atoms with Gasteiger partial charge in [0.15, 0.2) is 0 Å². The van der Waals surface area contributed by atoms with Gasteiger partial charge in [-0.1, -0.05) is 15.9 Å². The zero-order valence-corrected chi connectivity index (χ0v) is 13.0. The van der Waals surface area contributed by atoms with E-state index in [9.17, 15) is 0 Å². The van der Waals surface area contributed by atoms with Gasteiger partial charge in [-0.05, 0) is 37.6 Å². The summed E-state index contributed by atoms with van der Waals surface area (Å²) in [5, 5.41) is 0. The molecule has 1 aromatic rings. The molecule has 1 aliphatic heterocycles. The van der Waals surface area contributed by atoms with E-state index in [0.29, 0.717) is 6.04 Å². The third-order valence-electron chi connectivity index (χ3n) is 3.18. The minimum atomic E-state index is 0. The third kappa shape index (κ3) is 4.12. The Labute approximate surface area is 123 Å². The van der Waals surface area contributed by atoms with Crippen LogP contribution in [0.2, 0.25) is 0 Å². The van der Waals surface area contributed by atoms with Crippen molar-refractivity contribution >= 4 is 28.3 Å². The first-order valence-corrected chi connectivity index (χ1v) is 6.78. The molecule has 0 radical (unpaired) electrons. The Balaban J connectivity index is 0.00000162. The molecule has 2 rings (SSSR count). The van der Waals surface area contributed by atoms with Gasteiger partial charge in [-0.15, -0.1) is 12.4 Å². The number of piperidine rings is 1. The molecule has 1 fully saturated rings. The van der Waals surface area contributed by atoms with E-state index in [1.54, 1.807) is 7.11 Å². The summed E-state index contributed by atoms with van der Waals surface area (Å²) in [5.74, 6) is 0.951. The summed E-state index contributed by atoms with van der Waals surface area (Å²) in [6.45, 7) is 3.02. The second-order valence-corrected chi connectivity index (χ2v) is 5.51. The zero-order chi connectivity index (χ0) is 12.3. The van der Waals surface area contributed by atoms with Crippen LogP contribution in [0.1, 0.15) is 18.4 Å². The first-order valence-electron chi connectivity index (χ1n) is 5.99. The Morgan fingerprint density at radius 2 is 2.28 bits per heavy atom. The monoisotopic (exact) mass is 334 g/mol. The quantitative estimate of drug-likeness (QED) is 0.923. The lowest BCUT2D eigenvalue weighted by atomic mass is 10.1. The van der Waals surface area contributed by atoms with Crippen molar-refractivity contribution in [1.82, 2.24) is 4.90 Å². The topological polar surface area (TPSA) is 38.5 Å². The average Bonchev–Trinajstić information content (AvgIpc) is 2.29. The van der Waals surface area contributed by atoms with Gasteiger partial charge < -0.3 is 10.5 Å². The fourth-order valence-corrected chi connectivity index (χ4v) is 2.76. The van der Waals surface area contributed by atoms with Crippen molar-refractivity contribution in [1.29, 1.82) is 0 Å². The van der Waals surface area contributed by atoms with Crippen LogP contribution in [-0.2, 0) is 6.54 Å². The molecular weight excluding hydrogens is 316 g/mol. The second-order valence-electron chi connectivity index (χ2n) is 4.59. The Kier molecular flexibility index (Phi) is 6.43. The number of halogens is 2. The number of hydrogen-bond donors (Lipinski definition) is 1. The summed E-state index contributed by atoms with van der Waals surface area (Å²) >= 11 is 3.50. The van der Waals surface area contributed by atoms with Crippen LogP contribution in [0.25, 0.3) is 0 Å². The summed E-state index contributed by atoms with van der Waals surface area (Å²) in [5.41, 5.74) is 7.22. The van der Waals surface area contributed by atoms with Crippen LogP contribution in [-0.4, -0.2) is 31.1 Å². The van der Waals surface area contributed by atoms with Gasteiger partial charge in [0.1, 0.15) is 5.75 Å². The van der Waals surface area contributed by atoms with E-state index in [-0.39, 0.29) is 12.4 Å². The number of likely N-dealkylation sites (tertiary alicyclic amines) is 1. The molecule has 1 heterocycles. The maximum absolute atomic E-state index is 6.00. The van der Waals surface area contributed by atoms with Crippen molar-refractivity contribution < 1.29 is 4.74 Å². The summed E-state index contributed by atoms with van der Waals surface area (Å²) in [4.78, 5) is 2.40. The number of rotatable bonds is 3. The molecule has 2 N–H and O–H groups in total. The summed E-state index contributed by atoms with van der Waals surface area (Å²) in [7, 11) is 1.72. The highest BCUT2D eigenvalue weighted by atomic mass is 79.9. The molecule has 1 aliphatic rings. The van der Waals surface area contributed by atoms with Crippen LogP contribution in [0.15, 0.2) is 22.7 Å². The van der Waals surface area contributed by atoms with Crippen molar-refractivity contribution in [3.05, 3.63) is 28.2 Å². The Hall–Kier alpha value is -0.290. The molecular formula is C13H20BrClN2O. The number of benzene rings is 1. The highest BCUT2D eigenvalue weighted by Crippen LogP contribution is 2.25. The molecule has 1 atom stereocenters. The Morgan fingerprint density at radius 1 is 1.50 bits per heavy atom. The van der Waals surface area contributed by atoms with E-state index >= 15 is 0 Å².